The molecule has 0 bridgehead atoms. The number of piperazine rings is 1. The van der Waals surface area contributed by atoms with E-state index in [9.17, 15) is 9.18 Å². The number of ether oxygens (including phenoxy) is 1. The maximum atomic E-state index is 13.0. The van der Waals surface area contributed by atoms with Gasteiger partial charge >= 0.3 is 0 Å². The molecule has 2 aromatic carbocycles. The zero-order chi connectivity index (χ0) is 18.5. The van der Waals surface area contributed by atoms with Crippen LogP contribution in [0.2, 0.25) is 0 Å². The highest BCUT2D eigenvalue weighted by Gasteiger charge is 2.22. The van der Waals surface area contributed by atoms with Gasteiger partial charge in [0.25, 0.3) is 5.91 Å². The summed E-state index contributed by atoms with van der Waals surface area (Å²) in [5.74, 6) is 0.131. The average Bonchev–Trinajstić information content (AvgIpc) is 2.68. The predicted molar refractivity (Wildman–Crippen MR) is 110 cm³/mol. The first-order valence-corrected chi connectivity index (χ1v) is 8.73. The van der Waals surface area contributed by atoms with Crippen LogP contribution in [0.15, 0.2) is 48.5 Å². The molecule has 1 heterocycles. The van der Waals surface area contributed by atoms with E-state index in [0.717, 1.165) is 24.5 Å². The second-order valence-corrected chi connectivity index (χ2v) is 6.30. The van der Waals surface area contributed by atoms with Crippen molar-refractivity contribution in [3.05, 3.63) is 59.9 Å². The number of rotatable bonds is 3. The monoisotopic (exact) mass is 409 g/mol. The normalized spacial score (nSPS) is 13.6. The lowest BCUT2D eigenvalue weighted by Crippen LogP contribution is -2.52. The number of thiocarbonyl (C=S) groups is 1. The highest BCUT2D eigenvalue weighted by molar-refractivity contribution is 7.80. The summed E-state index contributed by atoms with van der Waals surface area (Å²) in [6.45, 7) is 2.93. The average molecular weight is 410 g/mol. The zero-order valence-electron chi connectivity index (χ0n) is 14.9. The summed E-state index contributed by atoms with van der Waals surface area (Å²) < 4.78 is 18.4. The third-order valence-electron chi connectivity index (χ3n) is 4.32. The van der Waals surface area contributed by atoms with Crippen molar-refractivity contribution in [3.63, 3.8) is 0 Å². The van der Waals surface area contributed by atoms with Crippen molar-refractivity contribution in [2.45, 2.75) is 0 Å². The lowest BCUT2D eigenvalue weighted by atomic mass is 10.2. The molecule has 1 fully saturated rings. The summed E-state index contributed by atoms with van der Waals surface area (Å²) in [6, 6.07) is 13.3. The van der Waals surface area contributed by atoms with Gasteiger partial charge in [-0.1, -0.05) is 12.1 Å². The molecule has 0 aromatic heterocycles. The number of benzene rings is 2. The Bertz CT molecular complexity index is 796. The van der Waals surface area contributed by atoms with Crippen LogP contribution in [-0.2, 0) is 0 Å². The molecule has 2 aromatic rings. The minimum atomic E-state index is -0.378. The molecule has 5 nitrogen and oxygen atoms in total. The van der Waals surface area contributed by atoms with Crippen LogP contribution in [0.1, 0.15) is 10.4 Å². The molecule has 0 unspecified atom stereocenters. The Morgan fingerprint density at radius 2 is 1.70 bits per heavy atom. The Kier molecular flexibility index (Phi) is 7.38. The molecule has 0 saturated carbocycles. The van der Waals surface area contributed by atoms with Crippen molar-refractivity contribution >= 4 is 41.3 Å². The van der Waals surface area contributed by atoms with Crippen LogP contribution in [0.4, 0.5) is 10.1 Å². The Morgan fingerprint density at radius 1 is 1.07 bits per heavy atom. The van der Waals surface area contributed by atoms with Gasteiger partial charge in [-0.15, -0.1) is 12.4 Å². The minimum absolute atomic E-state index is 0. The van der Waals surface area contributed by atoms with Crippen molar-refractivity contribution < 1.29 is 13.9 Å². The standard InChI is InChI=1S/C19H20FN3O2S.ClH/c1-25-17-5-3-2-4-16(17)22-10-12-23(13-11-22)19(26)21-18(24)14-6-8-15(20)9-7-14;/h2-9H,10-13H2,1H3,(H,21,24,26);1H. The smallest absolute Gasteiger partial charge is 0.257 e. The number of amides is 1. The molecule has 1 aliphatic heterocycles. The summed E-state index contributed by atoms with van der Waals surface area (Å²) in [5.41, 5.74) is 1.43. The second kappa shape index (κ2) is 9.53. The molecule has 1 aliphatic rings. The van der Waals surface area contributed by atoms with Gasteiger partial charge in [-0.25, -0.2) is 4.39 Å². The highest BCUT2D eigenvalue weighted by Crippen LogP contribution is 2.28. The number of anilines is 1. The Labute approximate surface area is 169 Å². The molecule has 1 saturated heterocycles. The van der Waals surface area contributed by atoms with Gasteiger partial charge in [0.1, 0.15) is 11.6 Å². The predicted octanol–water partition coefficient (Wildman–Crippen LogP) is 3.09. The Morgan fingerprint density at radius 3 is 2.33 bits per heavy atom. The Hall–Kier alpha value is -2.38. The van der Waals surface area contributed by atoms with E-state index in [1.807, 2.05) is 29.2 Å². The van der Waals surface area contributed by atoms with E-state index in [0.29, 0.717) is 23.8 Å². The molecule has 1 amide bonds. The van der Waals surface area contributed by atoms with Gasteiger partial charge in [0.2, 0.25) is 0 Å². The first-order valence-electron chi connectivity index (χ1n) is 8.32. The molecular weight excluding hydrogens is 389 g/mol. The molecule has 0 radical (unpaired) electrons. The molecular formula is C19H21ClFN3O2S. The van der Waals surface area contributed by atoms with Crippen LogP contribution in [0.5, 0.6) is 5.75 Å². The fourth-order valence-electron chi connectivity index (χ4n) is 2.89. The number of carbonyl (C=O) groups excluding carboxylic acids is 1. The number of methoxy groups -OCH3 is 1. The van der Waals surface area contributed by atoms with Crippen LogP contribution in [0, 0.1) is 5.82 Å². The van der Waals surface area contributed by atoms with E-state index in [1.165, 1.54) is 24.3 Å². The first kappa shape index (κ1) is 20.9. The van der Waals surface area contributed by atoms with Crippen molar-refractivity contribution in [3.8, 4) is 5.75 Å². The summed E-state index contributed by atoms with van der Waals surface area (Å²) in [6.07, 6.45) is 0. The molecule has 0 atom stereocenters. The molecule has 8 heteroatoms. The molecule has 27 heavy (non-hydrogen) atoms. The highest BCUT2D eigenvalue weighted by atomic mass is 35.5. The van der Waals surface area contributed by atoms with Gasteiger partial charge in [-0.2, -0.15) is 0 Å². The Balaban J connectivity index is 0.00000261. The maximum absolute atomic E-state index is 13.0. The maximum Gasteiger partial charge on any atom is 0.257 e. The molecule has 1 N–H and O–H groups in total. The van der Waals surface area contributed by atoms with Crippen LogP contribution >= 0.6 is 24.6 Å². The first-order chi connectivity index (χ1) is 12.6. The zero-order valence-corrected chi connectivity index (χ0v) is 16.5. The van der Waals surface area contributed by atoms with E-state index in [-0.39, 0.29) is 24.1 Å². The van der Waals surface area contributed by atoms with Gasteiger partial charge in [-0.05, 0) is 48.6 Å². The van der Waals surface area contributed by atoms with E-state index < -0.39 is 0 Å². The van der Waals surface area contributed by atoms with E-state index in [4.69, 9.17) is 17.0 Å². The van der Waals surface area contributed by atoms with E-state index in [2.05, 4.69) is 10.2 Å². The SMILES string of the molecule is COc1ccccc1N1CCN(C(=S)NC(=O)c2ccc(F)cc2)CC1.Cl. The topological polar surface area (TPSA) is 44.8 Å². The lowest BCUT2D eigenvalue weighted by molar-refractivity contribution is 0.0973. The fraction of sp³-hybridized carbons (Fsp3) is 0.263. The van der Waals surface area contributed by atoms with Gasteiger partial charge < -0.3 is 14.5 Å². The van der Waals surface area contributed by atoms with E-state index in [1.54, 1.807) is 7.11 Å². The van der Waals surface area contributed by atoms with Crippen molar-refractivity contribution in [1.82, 2.24) is 10.2 Å². The summed E-state index contributed by atoms with van der Waals surface area (Å²) in [5, 5.41) is 3.10. The molecule has 0 spiro atoms. The number of nitrogens with zero attached hydrogens (tertiary/aromatic N) is 2. The van der Waals surface area contributed by atoms with Crippen LogP contribution in [-0.4, -0.2) is 49.2 Å². The van der Waals surface area contributed by atoms with Gasteiger partial charge in [0.15, 0.2) is 5.11 Å². The number of hydrogen-bond acceptors (Lipinski definition) is 4. The van der Waals surface area contributed by atoms with Gasteiger partial charge in [0.05, 0.1) is 12.8 Å². The number of carbonyl (C=O) groups is 1. The van der Waals surface area contributed by atoms with Gasteiger partial charge in [-0.3, -0.25) is 10.1 Å². The number of hydrogen-bond donors (Lipinski definition) is 1. The van der Waals surface area contributed by atoms with Crippen molar-refractivity contribution in [2.24, 2.45) is 0 Å². The minimum Gasteiger partial charge on any atom is -0.495 e. The fourth-order valence-corrected chi connectivity index (χ4v) is 3.17. The van der Waals surface area contributed by atoms with Crippen LogP contribution in [0.3, 0.4) is 0 Å². The summed E-state index contributed by atoms with van der Waals surface area (Å²) >= 11 is 5.36. The second-order valence-electron chi connectivity index (χ2n) is 5.91. The van der Waals surface area contributed by atoms with E-state index >= 15 is 0 Å². The van der Waals surface area contributed by atoms with Crippen molar-refractivity contribution in [2.75, 3.05) is 38.2 Å². The quantitative estimate of drug-likeness (QED) is 0.789. The molecule has 3 rings (SSSR count). The molecule has 0 aliphatic carbocycles. The van der Waals surface area contributed by atoms with Crippen LogP contribution in [0.25, 0.3) is 0 Å². The number of nitrogens with one attached hydrogen (secondary N) is 1. The third-order valence-corrected chi connectivity index (χ3v) is 4.68. The molecule has 144 valence electrons. The number of halogens is 2. The van der Waals surface area contributed by atoms with Crippen molar-refractivity contribution in [1.29, 1.82) is 0 Å². The van der Waals surface area contributed by atoms with Gasteiger partial charge in [0, 0.05) is 31.7 Å². The number of para-hydroxylation sites is 2. The summed E-state index contributed by atoms with van der Waals surface area (Å²) in [7, 11) is 1.66. The van der Waals surface area contributed by atoms with Crippen LogP contribution < -0.4 is 15.0 Å². The summed E-state index contributed by atoms with van der Waals surface area (Å²) in [4.78, 5) is 16.4. The largest absolute Gasteiger partial charge is 0.495 e. The lowest BCUT2D eigenvalue weighted by Gasteiger charge is -2.37. The third kappa shape index (κ3) is 5.08.